The van der Waals surface area contributed by atoms with E-state index in [1.165, 1.54) is 24.3 Å². The summed E-state index contributed by atoms with van der Waals surface area (Å²) in [6.07, 6.45) is 1.25. The Bertz CT molecular complexity index is 1290. The number of benzene rings is 2. The Labute approximate surface area is 193 Å². The number of amides is 1. The van der Waals surface area contributed by atoms with Crippen molar-refractivity contribution in [1.82, 2.24) is 0 Å². The second-order valence-corrected chi connectivity index (χ2v) is 7.80. The predicted molar refractivity (Wildman–Crippen MR) is 126 cm³/mol. The highest BCUT2D eigenvalue weighted by molar-refractivity contribution is 7.15. The van der Waals surface area contributed by atoms with Crippen molar-refractivity contribution in [1.29, 1.82) is 5.26 Å². The topological polar surface area (TPSA) is 122 Å². The third kappa shape index (κ3) is 5.50. The van der Waals surface area contributed by atoms with Gasteiger partial charge >= 0.3 is 5.97 Å². The van der Waals surface area contributed by atoms with Gasteiger partial charge in [-0.1, -0.05) is 42.0 Å². The molecule has 3 aromatic rings. The first-order valence-corrected chi connectivity index (χ1v) is 10.7. The third-order valence-corrected chi connectivity index (χ3v) is 5.51. The number of nitro groups is 1. The van der Waals surface area contributed by atoms with Crippen LogP contribution < -0.4 is 5.32 Å². The van der Waals surface area contributed by atoms with Gasteiger partial charge in [0.25, 0.3) is 11.6 Å². The lowest BCUT2D eigenvalue weighted by Crippen LogP contribution is -2.16. The van der Waals surface area contributed by atoms with E-state index in [1.807, 2.05) is 31.2 Å². The number of carbonyl (C=O) groups is 2. The molecule has 1 heterocycles. The Balaban J connectivity index is 1.96. The Kier molecular flexibility index (Phi) is 7.33. The van der Waals surface area contributed by atoms with Gasteiger partial charge in [-0.15, -0.1) is 11.3 Å². The number of nitrogens with zero attached hydrogens (tertiary/aromatic N) is 2. The number of nitrogens with one attached hydrogen (secondary N) is 1. The highest BCUT2D eigenvalue weighted by Gasteiger charge is 2.24. The molecule has 3 rings (SSSR count). The van der Waals surface area contributed by atoms with Crippen LogP contribution in [0.1, 0.15) is 28.4 Å². The van der Waals surface area contributed by atoms with E-state index >= 15 is 0 Å². The standard InChI is InChI=1S/C24H19N3O5S/c1-3-32-24(29)21-20(17-9-7-15(2)8-10-17)14-33-23(21)26-22(28)18(13-25)11-16-5-4-6-19(12-16)27(30)31/h4-12,14H,3H2,1-2H3,(H,26,28). The van der Waals surface area contributed by atoms with Crippen LogP contribution in [0.4, 0.5) is 10.7 Å². The molecule has 0 unspecified atom stereocenters. The number of nitriles is 1. The predicted octanol–water partition coefficient (Wildman–Crippen LogP) is 5.35. The molecule has 9 heteroatoms. The molecule has 1 amide bonds. The Morgan fingerprint density at radius 2 is 1.97 bits per heavy atom. The molecule has 2 aromatic carbocycles. The van der Waals surface area contributed by atoms with Crippen LogP contribution >= 0.6 is 11.3 Å². The van der Waals surface area contributed by atoms with Crippen LogP contribution in [0.5, 0.6) is 0 Å². The number of rotatable bonds is 7. The van der Waals surface area contributed by atoms with E-state index < -0.39 is 16.8 Å². The highest BCUT2D eigenvalue weighted by Crippen LogP contribution is 2.36. The number of hydrogen-bond acceptors (Lipinski definition) is 7. The maximum Gasteiger partial charge on any atom is 0.341 e. The highest BCUT2D eigenvalue weighted by atomic mass is 32.1. The lowest BCUT2D eigenvalue weighted by Gasteiger charge is -2.09. The number of anilines is 1. The Morgan fingerprint density at radius 3 is 2.61 bits per heavy atom. The SMILES string of the molecule is CCOC(=O)c1c(-c2ccc(C)cc2)csc1NC(=O)C(C#N)=Cc1cccc([N+](=O)[O-])c1. The number of ether oxygens (including phenoxy) is 1. The summed E-state index contributed by atoms with van der Waals surface area (Å²) in [5.41, 5.74) is 2.55. The van der Waals surface area contributed by atoms with Crippen LogP contribution in [0.2, 0.25) is 0 Å². The largest absolute Gasteiger partial charge is 0.462 e. The zero-order chi connectivity index (χ0) is 24.0. The van der Waals surface area contributed by atoms with Gasteiger partial charge in [0.15, 0.2) is 0 Å². The molecular weight excluding hydrogens is 442 g/mol. The Hall–Kier alpha value is -4.29. The van der Waals surface area contributed by atoms with Crippen LogP contribution in [0.25, 0.3) is 17.2 Å². The fourth-order valence-electron chi connectivity index (χ4n) is 3.02. The first-order valence-electron chi connectivity index (χ1n) is 9.87. The minimum Gasteiger partial charge on any atom is -0.462 e. The quantitative estimate of drug-likeness (QED) is 0.166. The van der Waals surface area contributed by atoms with E-state index in [0.29, 0.717) is 11.1 Å². The summed E-state index contributed by atoms with van der Waals surface area (Å²) < 4.78 is 5.19. The number of esters is 1. The molecule has 0 aliphatic heterocycles. The van der Waals surface area contributed by atoms with Gasteiger partial charge in [-0.25, -0.2) is 4.79 Å². The molecule has 0 saturated carbocycles. The van der Waals surface area contributed by atoms with Crippen molar-refractivity contribution >= 4 is 40.0 Å². The van der Waals surface area contributed by atoms with Crippen molar-refractivity contribution in [3.8, 4) is 17.2 Å². The molecule has 166 valence electrons. The van der Waals surface area contributed by atoms with Gasteiger partial charge in [0.1, 0.15) is 22.2 Å². The minimum atomic E-state index is -0.744. The van der Waals surface area contributed by atoms with Gasteiger partial charge in [0, 0.05) is 23.1 Å². The molecule has 0 fully saturated rings. The van der Waals surface area contributed by atoms with Crippen molar-refractivity contribution < 1.29 is 19.2 Å². The molecule has 0 spiro atoms. The fourth-order valence-corrected chi connectivity index (χ4v) is 3.97. The van der Waals surface area contributed by atoms with E-state index in [9.17, 15) is 25.0 Å². The molecule has 0 radical (unpaired) electrons. The summed E-state index contributed by atoms with van der Waals surface area (Å²) in [6, 6.07) is 14.9. The zero-order valence-electron chi connectivity index (χ0n) is 17.8. The zero-order valence-corrected chi connectivity index (χ0v) is 18.6. The van der Waals surface area contributed by atoms with Crippen LogP contribution in [0, 0.1) is 28.4 Å². The van der Waals surface area contributed by atoms with Crippen LogP contribution in [0.3, 0.4) is 0 Å². The molecule has 8 nitrogen and oxygen atoms in total. The molecule has 0 saturated heterocycles. The summed E-state index contributed by atoms with van der Waals surface area (Å²) in [7, 11) is 0. The van der Waals surface area contributed by atoms with Gasteiger partial charge in [-0.05, 0) is 31.1 Å². The van der Waals surface area contributed by atoms with Gasteiger partial charge in [-0.3, -0.25) is 14.9 Å². The van der Waals surface area contributed by atoms with Gasteiger partial charge in [-0.2, -0.15) is 5.26 Å². The van der Waals surface area contributed by atoms with E-state index in [1.54, 1.807) is 24.4 Å². The average molecular weight is 461 g/mol. The van der Waals surface area contributed by atoms with Gasteiger partial charge in [0.05, 0.1) is 11.5 Å². The number of non-ortho nitro benzene ring substituents is 1. The molecule has 0 aliphatic carbocycles. The van der Waals surface area contributed by atoms with E-state index in [-0.39, 0.29) is 28.4 Å². The van der Waals surface area contributed by atoms with Crippen molar-refractivity contribution in [2.75, 3.05) is 11.9 Å². The summed E-state index contributed by atoms with van der Waals surface area (Å²) >= 11 is 1.14. The number of thiophene rings is 1. The molecule has 0 bridgehead atoms. The normalized spacial score (nSPS) is 10.9. The minimum absolute atomic E-state index is 0.158. The van der Waals surface area contributed by atoms with Crippen LogP contribution in [-0.4, -0.2) is 23.4 Å². The smallest absolute Gasteiger partial charge is 0.341 e. The maximum absolute atomic E-state index is 12.8. The lowest BCUT2D eigenvalue weighted by molar-refractivity contribution is -0.384. The lowest BCUT2D eigenvalue weighted by atomic mass is 10.0. The first-order chi connectivity index (χ1) is 15.8. The van der Waals surface area contributed by atoms with Gasteiger partial charge < -0.3 is 10.1 Å². The monoisotopic (exact) mass is 461 g/mol. The molecule has 1 N–H and O–H groups in total. The molecule has 0 atom stereocenters. The third-order valence-electron chi connectivity index (χ3n) is 4.62. The summed E-state index contributed by atoms with van der Waals surface area (Å²) in [5, 5.41) is 25.1. The molecular formula is C24H19N3O5S. The van der Waals surface area contributed by atoms with Crippen molar-refractivity contribution in [2.24, 2.45) is 0 Å². The second-order valence-electron chi connectivity index (χ2n) is 6.92. The molecule has 0 aliphatic rings. The van der Waals surface area contributed by atoms with Crippen molar-refractivity contribution in [3.05, 3.63) is 86.3 Å². The van der Waals surface area contributed by atoms with E-state index in [4.69, 9.17) is 4.74 Å². The number of carbonyl (C=O) groups excluding carboxylic acids is 2. The average Bonchev–Trinajstić information content (AvgIpc) is 3.21. The first kappa shape index (κ1) is 23.4. The van der Waals surface area contributed by atoms with Crippen molar-refractivity contribution in [2.45, 2.75) is 13.8 Å². The number of nitro benzene ring substituents is 1. The number of aryl methyl sites for hydroxylation is 1. The summed E-state index contributed by atoms with van der Waals surface area (Å²) in [4.78, 5) is 35.9. The fraction of sp³-hybridized carbons (Fsp3) is 0.125. The number of hydrogen-bond donors (Lipinski definition) is 1. The molecule has 1 aromatic heterocycles. The summed E-state index contributed by atoms with van der Waals surface area (Å²) in [6.45, 7) is 3.79. The van der Waals surface area contributed by atoms with Crippen LogP contribution in [0.15, 0.2) is 59.5 Å². The van der Waals surface area contributed by atoms with E-state index in [2.05, 4.69) is 5.32 Å². The second kappa shape index (κ2) is 10.3. The molecule has 33 heavy (non-hydrogen) atoms. The van der Waals surface area contributed by atoms with E-state index in [0.717, 1.165) is 22.5 Å². The maximum atomic E-state index is 12.8. The summed E-state index contributed by atoms with van der Waals surface area (Å²) in [5.74, 6) is -1.34. The van der Waals surface area contributed by atoms with Crippen molar-refractivity contribution in [3.63, 3.8) is 0 Å². The van der Waals surface area contributed by atoms with Gasteiger partial charge in [0.2, 0.25) is 0 Å². The Morgan fingerprint density at radius 1 is 1.24 bits per heavy atom. The van der Waals surface area contributed by atoms with Crippen LogP contribution in [-0.2, 0) is 9.53 Å².